The summed E-state index contributed by atoms with van der Waals surface area (Å²) in [6.07, 6.45) is 0.384. The molecule has 0 aliphatic carbocycles. The largest absolute Gasteiger partial charge is 0.449 e. The van der Waals surface area contributed by atoms with E-state index >= 15 is 0 Å². The number of hydrogen-bond acceptors (Lipinski definition) is 6. The molecule has 3 aromatic rings. The lowest BCUT2D eigenvalue weighted by Crippen LogP contribution is -2.18. The van der Waals surface area contributed by atoms with E-state index in [1.165, 1.54) is 18.3 Å². The van der Waals surface area contributed by atoms with Crippen LogP contribution in [0.3, 0.4) is 0 Å². The van der Waals surface area contributed by atoms with Crippen molar-refractivity contribution in [2.45, 2.75) is 6.29 Å². The molecule has 0 fully saturated rings. The van der Waals surface area contributed by atoms with Crippen LogP contribution in [0.25, 0.3) is 0 Å². The Morgan fingerprint density at radius 3 is 2.00 bits per heavy atom. The molecule has 28 heavy (non-hydrogen) atoms. The van der Waals surface area contributed by atoms with Gasteiger partial charge in [0.1, 0.15) is 17.2 Å². The fraction of sp³-hybridized carbons (Fsp3) is 0.0476. The van der Waals surface area contributed by atoms with Gasteiger partial charge in [0.15, 0.2) is 0 Å². The van der Waals surface area contributed by atoms with Gasteiger partial charge in [0.2, 0.25) is 5.91 Å². The zero-order valence-electron chi connectivity index (χ0n) is 14.6. The van der Waals surface area contributed by atoms with Gasteiger partial charge in [-0.15, -0.1) is 0 Å². The number of hydrogen-bond donors (Lipinski definition) is 1. The van der Waals surface area contributed by atoms with Crippen molar-refractivity contribution in [2.24, 2.45) is 5.73 Å². The highest BCUT2D eigenvalue weighted by Crippen LogP contribution is 2.26. The van der Waals surface area contributed by atoms with Crippen LogP contribution >= 0.6 is 0 Å². The second-order valence-electron chi connectivity index (χ2n) is 5.68. The maximum atomic E-state index is 11.5. The number of ether oxygens (including phenoxy) is 2. The molecule has 3 rings (SSSR count). The van der Waals surface area contributed by atoms with Crippen molar-refractivity contribution in [3.05, 3.63) is 89.2 Å². The number of nitrogens with zero attached hydrogens (tertiary/aromatic N) is 3. The normalized spacial score (nSPS) is 9.96. The third-order valence-corrected chi connectivity index (χ3v) is 3.72. The number of amides is 1. The highest BCUT2D eigenvalue weighted by Gasteiger charge is 2.19. The van der Waals surface area contributed by atoms with Crippen LogP contribution in [0.5, 0.6) is 11.5 Å². The molecule has 0 saturated carbocycles. The molecular formula is C21H14N4O3. The zero-order chi connectivity index (χ0) is 19.9. The molecule has 0 unspecified atom stereocenters. The Morgan fingerprint density at radius 2 is 1.50 bits per heavy atom. The summed E-state index contributed by atoms with van der Waals surface area (Å²) in [4.78, 5) is 15.7. The molecule has 2 N–H and O–H groups in total. The van der Waals surface area contributed by atoms with Crippen LogP contribution in [0, 0.1) is 22.7 Å². The van der Waals surface area contributed by atoms with E-state index < -0.39 is 12.2 Å². The minimum atomic E-state index is -1.04. The maximum absolute atomic E-state index is 11.5. The molecular weight excluding hydrogens is 356 g/mol. The predicted octanol–water partition coefficient (Wildman–Crippen LogP) is 3.08. The van der Waals surface area contributed by atoms with Crippen LogP contribution in [-0.2, 0) is 0 Å². The molecule has 0 radical (unpaired) electrons. The molecule has 0 spiro atoms. The summed E-state index contributed by atoms with van der Waals surface area (Å²) in [6, 6.07) is 20.1. The van der Waals surface area contributed by atoms with Gasteiger partial charge >= 0.3 is 0 Å². The number of benzene rings is 2. The lowest BCUT2D eigenvalue weighted by atomic mass is 10.2. The van der Waals surface area contributed by atoms with E-state index in [-0.39, 0.29) is 5.56 Å². The molecule has 0 aliphatic heterocycles. The second kappa shape index (κ2) is 8.35. The molecule has 0 aliphatic rings. The number of primary amides is 1. The van der Waals surface area contributed by atoms with Gasteiger partial charge in [-0.1, -0.05) is 12.1 Å². The van der Waals surface area contributed by atoms with E-state index in [0.29, 0.717) is 28.3 Å². The minimum Gasteiger partial charge on any atom is -0.449 e. The van der Waals surface area contributed by atoms with E-state index in [0.717, 1.165) is 0 Å². The summed E-state index contributed by atoms with van der Waals surface area (Å²) in [5.74, 6) is 0.152. The first-order chi connectivity index (χ1) is 13.6. The number of carbonyl (C=O) groups excluding carboxylic acids is 1. The topological polar surface area (TPSA) is 122 Å². The average molecular weight is 370 g/mol. The smallest absolute Gasteiger partial charge is 0.284 e. The Morgan fingerprint density at radius 1 is 0.929 bits per heavy atom. The third kappa shape index (κ3) is 4.43. The van der Waals surface area contributed by atoms with Crippen molar-refractivity contribution in [3.8, 4) is 23.6 Å². The predicted molar refractivity (Wildman–Crippen MR) is 99.1 cm³/mol. The summed E-state index contributed by atoms with van der Waals surface area (Å²) in [5.41, 5.74) is 6.73. The fourth-order valence-corrected chi connectivity index (χ4v) is 2.40. The van der Waals surface area contributed by atoms with Crippen molar-refractivity contribution in [1.29, 1.82) is 10.5 Å². The van der Waals surface area contributed by atoms with E-state index in [9.17, 15) is 4.79 Å². The van der Waals surface area contributed by atoms with Crippen molar-refractivity contribution < 1.29 is 14.3 Å². The zero-order valence-corrected chi connectivity index (χ0v) is 14.6. The van der Waals surface area contributed by atoms with Gasteiger partial charge in [-0.2, -0.15) is 10.5 Å². The van der Waals surface area contributed by atoms with Gasteiger partial charge in [-0.3, -0.25) is 9.78 Å². The van der Waals surface area contributed by atoms with Gasteiger partial charge in [0.05, 0.1) is 23.3 Å². The first kappa shape index (κ1) is 18.4. The molecule has 1 amide bonds. The van der Waals surface area contributed by atoms with Crippen LogP contribution in [0.1, 0.15) is 33.5 Å². The van der Waals surface area contributed by atoms with E-state index in [1.54, 1.807) is 48.5 Å². The quantitative estimate of drug-likeness (QED) is 0.665. The fourth-order valence-electron chi connectivity index (χ4n) is 2.40. The van der Waals surface area contributed by atoms with Crippen molar-refractivity contribution >= 4 is 5.91 Å². The highest BCUT2D eigenvalue weighted by molar-refractivity contribution is 5.92. The summed E-state index contributed by atoms with van der Waals surface area (Å²) in [6.45, 7) is 0. The Hall–Kier alpha value is -4.36. The monoisotopic (exact) mass is 370 g/mol. The first-order valence-electron chi connectivity index (χ1n) is 8.18. The molecule has 7 heteroatoms. The lowest BCUT2D eigenvalue weighted by molar-refractivity contribution is 0.000273. The standard InChI is InChI=1S/C21H14N4O3/c22-12-14-3-1-5-17(9-14)27-21(19-11-16(20(24)26)7-8-25-19)28-18-6-2-4-15(10-18)13-23/h1-11,21H,(H2,24,26). The number of nitriles is 2. The van der Waals surface area contributed by atoms with Crippen molar-refractivity contribution in [3.63, 3.8) is 0 Å². The van der Waals surface area contributed by atoms with Crippen LogP contribution in [0.2, 0.25) is 0 Å². The van der Waals surface area contributed by atoms with E-state index in [1.807, 2.05) is 12.1 Å². The number of aromatic nitrogens is 1. The molecule has 0 atom stereocenters. The molecule has 136 valence electrons. The average Bonchev–Trinajstić information content (AvgIpc) is 2.73. The van der Waals surface area contributed by atoms with Crippen molar-refractivity contribution in [2.75, 3.05) is 0 Å². The Labute approximate surface area is 161 Å². The summed E-state index contributed by atoms with van der Waals surface area (Å²) < 4.78 is 11.8. The second-order valence-corrected chi connectivity index (χ2v) is 5.68. The highest BCUT2D eigenvalue weighted by atomic mass is 16.7. The van der Waals surface area contributed by atoms with Crippen molar-refractivity contribution in [1.82, 2.24) is 4.98 Å². The number of rotatable bonds is 6. The van der Waals surface area contributed by atoms with Gasteiger partial charge in [0, 0.05) is 11.8 Å². The first-order valence-corrected chi connectivity index (χ1v) is 8.18. The molecule has 1 aromatic heterocycles. The lowest BCUT2D eigenvalue weighted by Gasteiger charge is -2.20. The SMILES string of the molecule is N#Cc1cccc(OC(Oc2cccc(C#N)c2)c2cc(C(N)=O)ccn2)c1. The van der Waals surface area contributed by atoms with Crippen LogP contribution in [-0.4, -0.2) is 10.9 Å². The Kier molecular flexibility index (Phi) is 5.49. The molecule has 0 saturated heterocycles. The van der Waals surface area contributed by atoms with Gasteiger partial charge < -0.3 is 15.2 Å². The summed E-state index contributed by atoms with van der Waals surface area (Å²) in [5, 5.41) is 18.1. The van der Waals surface area contributed by atoms with Crippen LogP contribution in [0.15, 0.2) is 66.9 Å². The van der Waals surface area contributed by atoms with E-state index in [4.69, 9.17) is 25.7 Å². The van der Waals surface area contributed by atoms with Gasteiger partial charge in [-0.25, -0.2) is 0 Å². The number of nitrogens with two attached hydrogens (primary N) is 1. The van der Waals surface area contributed by atoms with Crippen LogP contribution < -0.4 is 15.2 Å². The number of carbonyl (C=O) groups is 1. The molecule has 0 bridgehead atoms. The molecule has 2 aromatic carbocycles. The third-order valence-electron chi connectivity index (χ3n) is 3.72. The Bertz CT molecular complexity index is 1040. The van der Waals surface area contributed by atoms with Gasteiger partial charge in [-0.05, 0) is 48.5 Å². The molecule has 1 heterocycles. The summed E-state index contributed by atoms with van der Waals surface area (Å²) in [7, 11) is 0. The maximum Gasteiger partial charge on any atom is 0.284 e. The van der Waals surface area contributed by atoms with E-state index in [2.05, 4.69) is 4.98 Å². The Balaban J connectivity index is 1.97. The molecule has 7 nitrogen and oxygen atoms in total. The van der Waals surface area contributed by atoms with Crippen LogP contribution in [0.4, 0.5) is 0 Å². The number of pyridine rings is 1. The van der Waals surface area contributed by atoms with Gasteiger partial charge in [0.25, 0.3) is 6.29 Å². The summed E-state index contributed by atoms with van der Waals surface area (Å²) >= 11 is 0. The minimum absolute atomic E-state index is 0.249.